The molecule has 0 unspecified atom stereocenters. The predicted molar refractivity (Wildman–Crippen MR) is 79.5 cm³/mol. The van der Waals surface area contributed by atoms with Gasteiger partial charge in [-0.15, -0.1) is 0 Å². The number of hydrogen-bond donors (Lipinski definition) is 0. The molecule has 2 aromatic rings. The Morgan fingerprint density at radius 3 is 2.45 bits per heavy atom. The fraction of sp³-hybridized carbons (Fsp3) is 0.143. The summed E-state index contributed by atoms with van der Waals surface area (Å²) in [5.74, 6) is 0.330. The van der Waals surface area contributed by atoms with Crippen LogP contribution < -0.4 is 10.5 Å². The van der Waals surface area contributed by atoms with Crippen LogP contribution in [-0.4, -0.2) is 14.1 Å². The molecule has 0 saturated carbocycles. The van der Waals surface area contributed by atoms with Crippen molar-refractivity contribution in [2.75, 3.05) is 19.0 Å². The molecule has 102 valence electrons. The number of nitrogens with zero attached hydrogens (tertiary/aromatic N) is 2. The van der Waals surface area contributed by atoms with Gasteiger partial charge in [0, 0.05) is 25.7 Å². The maximum absolute atomic E-state index is 11.8. The van der Waals surface area contributed by atoms with E-state index in [2.05, 4.69) is 0 Å². The summed E-state index contributed by atoms with van der Waals surface area (Å²) >= 11 is 11.8. The first-order valence-electron chi connectivity index (χ1n) is 5.65. The summed E-state index contributed by atoms with van der Waals surface area (Å²) in [5, 5.41) is 9.79. The van der Waals surface area contributed by atoms with Crippen molar-refractivity contribution < 1.29 is 4.42 Å². The van der Waals surface area contributed by atoms with Gasteiger partial charge in [-0.05, 0) is 18.2 Å². The molecule has 0 atom stereocenters. The van der Waals surface area contributed by atoms with Crippen LogP contribution in [0.25, 0.3) is 11.3 Å². The van der Waals surface area contributed by atoms with Gasteiger partial charge in [-0.25, -0.2) is 4.79 Å². The summed E-state index contributed by atoms with van der Waals surface area (Å²) in [4.78, 5) is 13.5. The minimum Gasteiger partial charge on any atom is -0.422 e. The average molecular weight is 309 g/mol. The van der Waals surface area contributed by atoms with E-state index in [0.29, 0.717) is 27.1 Å². The molecule has 1 aromatic carbocycles. The third kappa shape index (κ3) is 2.64. The van der Waals surface area contributed by atoms with Crippen LogP contribution in [0, 0.1) is 11.3 Å². The molecule has 0 aliphatic heterocycles. The van der Waals surface area contributed by atoms with Crippen molar-refractivity contribution in [1.82, 2.24) is 0 Å². The van der Waals surface area contributed by atoms with Gasteiger partial charge < -0.3 is 9.32 Å². The number of rotatable bonds is 2. The van der Waals surface area contributed by atoms with E-state index in [9.17, 15) is 4.79 Å². The van der Waals surface area contributed by atoms with Gasteiger partial charge >= 0.3 is 5.63 Å². The average Bonchev–Trinajstić information content (AvgIpc) is 2.40. The van der Waals surface area contributed by atoms with Crippen LogP contribution >= 0.6 is 23.2 Å². The van der Waals surface area contributed by atoms with Gasteiger partial charge in [0.05, 0.1) is 15.7 Å². The zero-order valence-electron chi connectivity index (χ0n) is 10.8. The Labute approximate surface area is 125 Å². The highest BCUT2D eigenvalue weighted by atomic mass is 35.5. The maximum atomic E-state index is 11.8. The molecule has 2 rings (SSSR count). The fourth-order valence-corrected chi connectivity index (χ4v) is 2.03. The van der Waals surface area contributed by atoms with E-state index in [1.807, 2.05) is 6.07 Å². The van der Waals surface area contributed by atoms with E-state index >= 15 is 0 Å². The molecule has 1 heterocycles. The fourth-order valence-electron chi connectivity index (χ4n) is 1.73. The van der Waals surface area contributed by atoms with Gasteiger partial charge in [0.2, 0.25) is 0 Å². The Morgan fingerprint density at radius 1 is 1.20 bits per heavy atom. The largest absolute Gasteiger partial charge is 0.422 e. The van der Waals surface area contributed by atoms with E-state index in [-0.39, 0.29) is 5.56 Å². The molecule has 6 heteroatoms. The summed E-state index contributed by atoms with van der Waals surface area (Å²) in [6, 6.07) is 8.39. The number of hydrogen-bond acceptors (Lipinski definition) is 4. The van der Waals surface area contributed by atoms with Crippen LogP contribution in [0.15, 0.2) is 33.5 Å². The zero-order chi connectivity index (χ0) is 14.9. The van der Waals surface area contributed by atoms with Gasteiger partial charge in [-0.1, -0.05) is 23.2 Å². The standard InChI is InChI=1S/C14H10Cl2N2O2/c1-18(2)12-6-13(20-14(19)9(12)7-17)8-3-4-10(15)11(16)5-8/h3-6H,1-2H3. The lowest BCUT2D eigenvalue weighted by atomic mass is 10.1. The lowest BCUT2D eigenvalue weighted by molar-refractivity contribution is 0.523. The van der Waals surface area contributed by atoms with Gasteiger partial charge in [0.1, 0.15) is 11.8 Å². The van der Waals surface area contributed by atoms with E-state index in [1.165, 1.54) is 0 Å². The summed E-state index contributed by atoms with van der Waals surface area (Å²) < 4.78 is 5.16. The van der Waals surface area contributed by atoms with E-state index < -0.39 is 5.63 Å². The summed E-state index contributed by atoms with van der Waals surface area (Å²) in [7, 11) is 3.49. The Morgan fingerprint density at radius 2 is 1.90 bits per heavy atom. The Hall–Kier alpha value is -1.96. The van der Waals surface area contributed by atoms with Crippen LogP contribution in [0.1, 0.15) is 5.56 Å². The van der Waals surface area contributed by atoms with Crippen molar-refractivity contribution in [3.8, 4) is 17.4 Å². The third-order valence-electron chi connectivity index (χ3n) is 2.73. The Balaban J connectivity index is 2.67. The molecule has 0 aliphatic rings. The van der Waals surface area contributed by atoms with Crippen molar-refractivity contribution in [1.29, 1.82) is 5.26 Å². The predicted octanol–water partition coefficient (Wildman–Crippen LogP) is 3.55. The van der Waals surface area contributed by atoms with Crippen LogP contribution in [-0.2, 0) is 0 Å². The highest BCUT2D eigenvalue weighted by Gasteiger charge is 2.14. The molecule has 20 heavy (non-hydrogen) atoms. The van der Waals surface area contributed by atoms with Gasteiger partial charge in [0.25, 0.3) is 0 Å². The molecule has 1 aromatic heterocycles. The molecule has 0 saturated heterocycles. The molecular formula is C14H10Cl2N2O2. The second-order valence-electron chi connectivity index (χ2n) is 4.29. The van der Waals surface area contributed by atoms with Crippen molar-refractivity contribution in [2.24, 2.45) is 0 Å². The van der Waals surface area contributed by atoms with Crippen LogP contribution in [0.3, 0.4) is 0 Å². The number of nitriles is 1. The van der Waals surface area contributed by atoms with E-state index in [1.54, 1.807) is 43.3 Å². The smallest absolute Gasteiger partial charge is 0.356 e. The third-order valence-corrected chi connectivity index (χ3v) is 3.47. The first kappa shape index (κ1) is 14.4. The summed E-state index contributed by atoms with van der Waals surface area (Å²) in [5.41, 5.74) is 0.396. The molecule has 0 bridgehead atoms. The Kier molecular flexibility index (Phi) is 4.03. The molecule has 0 N–H and O–H groups in total. The molecule has 0 radical (unpaired) electrons. The monoisotopic (exact) mass is 308 g/mol. The van der Waals surface area contributed by atoms with Crippen molar-refractivity contribution in [3.63, 3.8) is 0 Å². The second-order valence-corrected chi connectivity index (χ2v) is 5.11. The molecule has 4 nitrogen and oxygen atoms in total. The maximum Gasteiger partial charge on any atom is 0.356 e. The second kappa shape index (κ2) is 5.58. The summed E-state index contributed by atoms with van der Waals surface area (Å²) in [6.45, 7) is 0. The van der Waals surface area contributed by atoms with E-state index in [0.717, 1.165) is 0 Å². The molecule has 0 spiro atoms. The van der Waals surface area contributed by atoms with Gasteiger partial charge in [-0.2, -0.15) is 5.26 Å². The van der Waals surface area contributed by atoms with Crippen molar-refractivity contribution in [3.05, 3.63) is 50.3 Å². The van der Waals surface area contributed by atoms with Gasteiger partial charge in [0.15, 0.2) is 5.56 Å². The Bertz CT molecular complexity index is 761. The van der Waals surface area contributed by atoms with Crippen LogP contribution in [0.2, 0.25) is 10.0 Å². The minimum absolute atomic E-state index is 0.0289. The van der Waals surface area contributed by atoms with Crippen LogP contribution in [0.5, 0.6) is 0 Å². The summed E-state index contributed by atoms with van der Waals surface area (Å²) in [6.07, 6.45) is 0. The molecule has 0 aliphatic carbocycles. The van der Waals surface area contributed by atoms with Crippen molar-refractivity contribution in [2.45, 2.75) is 0 Å². The number of anilines is 1. The normalized spacial score (nSPS) is 10.2. The molecular weight excluding hydrogens is 299 g/mol. The lowest BCUT2D eigenvalue weighted by Crippen LogP contribution is -2.16. The SMILES string of the molecule is CN(C)c1cc(-c2ccc(Cl)c(Cl)c2)oc(=O)c1C#N. The van der Waals surface area contributed by atoms with Crippen LogP contribution in [0.4, 0.5) is 5.69 Å². The topological polar surface area (TPSA) is 57.2 Å². The lowest BCUT2D eigenvalue weighted by Gasteiger charge is -2.14. The first-order chi connectivity index (χ1) is 9.43. The molecule has 0 fully saturated rings. The quantitative estimate of drug-likeness (QED) is 0.851. The minimum atomic E-state index is -0.681. The first-order valence-corrected chi connectivity index (χ1v) is 6.40. The van der Waals surface area contributed by atoms with Gasteiger partial charge in [-0.3, -0.25) is 0 Å². The number of benzene rings is 1. The van der Waals surface area contributed by atoms with Crippen molar-refractivity contribution >= 4 is 28.9 Å². The van der Waals surface area contributed by atoms with E-state index in [4.69, 9.17) is 32.9 Å². The highest BCUT2D eigenvalue weighted by Crippen LogP contribution is 2.30. The number of halogens is 2. The highest BCUT2D eigenvalue weighted by molar-refractivity contribution is 6.42. The molecule has 0 amide bonds. The zero-order valence-corrected chi connectivity index (χ0v) is 12.3.